The predicted molar refractivity (Wildman–Crippen MR) is 48.6 cm³/mol. The van der Waals surface area contributed by atoms with Crippen LogP contribution in [0.25, 0.3) is 0 Å². The van der Waals surface area contributed by atoms with Crippen LogP contribution in [0.15, 0.2) is 18.3 Å². The van der Waals surface area contributed by atoms with E-state index in [2.05, 4.69) is 4.98 Å². The first-order valence-electron chi connectivity index (χ1n) is 4.02. The first kappa shape index (κ1) is 10.1. The van der Waals surface area contributed by atoms with E-state index in [1.807, 2.05) is 6.07 Å². The lowest BCUT2D eigenvalue weighted by Gasteiger charge is -1.96. The summed E-state index contributed by atoms with van der Waals surface area (Å²) >= 11 is 0. The van der Waals surface area contributed by atoms with E-state index in [9.17, 15) is 9.59 Å². The highest BCUT2D eigenvalue weighted by Crippen LogP contribution is 2.03. The van der Waals surface area contributed by atoms with Crippen LogP contribution in [0.5, 0.6) is 0 Å². The Morgan fingerprint density at radius 2 is 2.21 bits per heavy atom. The van der Waals surface area contributed by atoms with E-state index >= 15 is 0 Å². The first-order chi connectivity index (χ1) is 6.63. The summed E-state index contributed by atoms with van der Waals surface area (Å²) in [5, 5.41) is 8.46. The van der Waals surface area contributed by atoms with E-state index in [0.29, 0.717) is 5.56 Å². The van der Waals surface area contributed by atoms with Crippen LogP contribution >= 0.6 is 0 Å². The van der Waals surface area contributed by atoms with Crippen molar-refractivity contribution in [3.63, 3.8) is 0 Å². The third-order valence-corrected chi connectivity index (χ3v) is 1.61. The van der Waals surface area contributed by atoms with Gasteiger partial charge in [-0.3, -0.25) is 9.59 Å². The van der Waals surface area contributed by atoms with Crippen molar-refractivity contribution in [3.8, 4) is 6.07 Å². The molecule has 0 aromatic carbocycles. The molecule has 0 N–H and O–H groups in total. The maximum atomic E-state index is 11.3. The minimum absolute atomic E-state index is 0.117. The van der Waals surface area contributed by atoms with Gasteiger partial charge in [0.2, 0.25) is 0 Å². The van der Waals surface area contributed by atoms with Crippen LogP contribution in [0.4, 0.5) is 0 Å². The molecule has 4 heteroatoms. The van der Waals surface area contributed by atoms with E-state index < -0.39 is 0 Å². The highest BCUT2D eigenvalue weighted by atomic mass is 16.1. The normalized spacial score (nSPS) is 9.14. The summed E-state index contributed by atoms with van der Waals surface area (Å²) in [6.07, 6.45) is 1.19. The van der Waals surface area contributed by atoms with Gasteiger partial charge in [-0.15, -0.1) is 0 Å². The van der Waals surface area contributed by atoms with Crippen molar-refractivity contribution < 1.29 is 9.59 Å². The van der Waals surface area contributed by atoms with Crippen LogP contribution in [0.2, 0.25) is 0 Å². The number of carbonyl (C=O) groups excluding carboxylic acids is 2. The molecule has 0 radical (unpaired) electrons. The molecule has 14 heavy (non-hydrogen) atoms. The minimum Gasteiger partial charge on any atom is -0.300 e. The van der Waals surface area contributed by atoms with Crippen molar-refractivity contribution in [1.82, 2.24) is 4.98 Å². The molecule has 0 aliphatic carbocycles. The van der Waals surface area contributed by atoms with Gasteiger partial charge in [0.25, 0.3) is 0 Å². The molecule has 1 rings (SSSR count). The Morgan fingerprint density at radius 3 is 2.64 bits per heavy atom. The Kier molecular flexibility index (Phi) is 3.08. The fraction of sp³-hybridized carbons (Fsp3) is 0.200. The lowest BCUT2D eigenvalue weighted by molar-refractivity contribution is -0.116. The van der Waals surface area contributed by atoms with Gasteiger partial charge in [-0.05, 0) is 19.1 Å². The van der Waals surface area contributed by atoms with Gasteiger partial charge >= 0.3 is 0 Å². The van der Waals surface area contributed by atoms with Gasteiger partial charge in [-0.2, -0.15) is 5.26 Å². The molecule has 1 heterocycles. The highest BCUT2D eigenvalue weighted by molar-refractivity contribution is 6.07. The molecule has 0 unspecified atom stereocenters. The summed E-state index contributed by atoms with van der Waals surface area (Å²) in [6.45, 7) is 1.36. The molecule has 0 fully saturated rings. The van der Waals surface area contributed by atoms with E-state index in [4.69, 9.17) is 5.26 Å². The van der Waals surface area contributed by atoms with Crippen LogP contribution in [0.3, 0.4) is 0 Å². The average molecular weight is 188 g/mol. The number of aromatic nitrogens is 1. The second kappa shape index (κ2) is 4.28. The first-order valence-corrected chi connectivity index (χ1v) is 4.02. The maximum Gasteiger partial charge on any atom is 0.171 e. The number of hydrogen-bond donors (Lipinski definition) is 0. The number of rotatable bonds is 3. The SMILES string of the molecule is CC(=O)CC(=O)c1ccc(C#N)nc1. The molecule has 0 saturated heterocycles. The Bertz CT molecular complexity index is 401. The molecule has 0 aliphatic rings. The Morgan fingerprint density at radius 1 is 1.50 bits per heavy atom. The Labute approximate surface area is 81.2 Å². The van der Waals surface area contributed by atoms with Crippen molar-refractivity contribution >= 4 is 11.6 Å². The fourth-order valence-corrected chi connectivity index (χ4v) is 0.953. The number of nitrogens with zero attached hydrogens (tertiary/aromatic N) is 2. The van der Waals surface area contributed by atoms with Crippen LogP contribution in [-0.2, 0) is 4.79 Å². The lowest BCUT2D eigenvalue weighted by Crippen LogP contribution is -2.05. The molecule has 0 saturated carbocycles. The number of nitriles is 1. The van der Waals surface area contributed by atoms with Crippen molar-refractivity contribution in [2.45, 2.75) is 13.3 Å². The number of pyridine rings is 1. The van der Waals surface area contributed by atoms with E-state index in [0.717, 1.165) is 0 Å². The number of ketones is 2. The quantitative estimate of drug-likeness (QED) is 0.526. The number of hydrogen-bond acceptors (Lipinski definition) is 4. The second-order valence-electron chi connectivity index (χ2n) is 2.85. The summed E-state index contributed by atoms with van der Waals surface area (Å²) in [6, 6.07) is 4.79. The topological polar surface area (TPSA) is 70.8 Å². The molecule has 0 amide bonds. The summed E-state index contributed by atoms with van der Waals surface area (Å²) in [4.78, 5) is 25.7. The molecule has 0 aliphatic heterocycles. The summed E-state index contributed by atoms with van der Waals surface area (Å²) < 4.78 is 0. The van der Waals surface area contributed by atoms with Gasteiger partial charge in [0, 0.05) is 11.8 Å². The molecule has 1 aromatic heterocycles. The smallest absolute Gasteiger partial charge is 0.171 e. The van der Waals surface area contributed by atoms with Crippen molar-refractivity contribution in [2.24, 2.45) is 0 Å². The van der Waals surface area contributed by atoms with Crippen LogP contribution in [0, 0.1) is 11.3 Å². The summed E-state index contributed by atoms with van der Waals surface area (Å²) in [7, 11) is 0. The highest BCUT2D eigenvalue weighted by Gasteiger charge is 2.08. The van der Waals surface area contributed by atoms with Gasteiger partial charge in [0.15, 0.2) is 5.78 Å². The van der Waals surface area contributed by atoms with Crippen LogP contribution in [0.1, 0.15) is 29.4 Å². The van der Waals surface area contributed by atoms with E-state index in [-0.39, 0.29) is 23.7 Å². The van der Waals surface area contributed by atoms with Crippen LogP contribution < -0.4 is 0 Å². The monoisotopic (exact) mass is 188 g/mol. The van der Waals surface area contributed by atoms with Crippen molar-refractivity contribution in [2.75, 3.05) is 0 Å². The van der Waals surface area contributed by atoms with Crippen LogP contribution in [-0.4, -0.2) is 16.6 Å². The molecule has 4 nitrogen and oxygen atoms in total. The summed E-state index contributed by atoms with van der Waals surface area (Å²) in [5.41, 5.74) is 0.614. The number of carbonyl (C=O) groups is 2. The molecule has 0 spiro atoms. The largest absolute Gasteiger partial charge is 0.300 e. The predicted octanol–water partition coefficient (Wildman–Crippen LogP) is 1.12. The lowest BCUT2D eigenvalue weighted by atomic mass is 10.1. The van der Waals surface area contributed by atoms with Gasteiger partial charge in [-0.1, -0.05) is 0 Å². The van der Waals surface area contributed by atoms with Crippen molar-refractivity contribution in [1.29, 1.82) is 5.26 Å². The average Bonchev–Trinajstić information content (AvgIpc) is 2.17. The van der Waals surface area contributed by atoms with Gasteiger partial charge in [0.05, 0.1) is 6.42 Å². The zero-order valence-electron chi connectivity index (χ0n) is 7.65. The molecule has 70 valence electrons. The zero-order chi connectivity index (χ0) is 10.6. The third kappa shape index (κ3) is 2.49. The molecular formula is C10H8N2O2. The van der Waals surface area contributed by atoms with Gasteiger partial charge in [0.1, 0.15) is 17.5 Å². The molecular weight excluding hydrogens is 180 g/mol. The third-order valence-electron chi connectivity index (χ3n) is 1.61. The molecule has 0 bridgehead atoms. The fourth-order valence-electron chi connectivity index (χ4n) is 0.953. The standard InChI is InChI=1S/C10H8N2O2/c1-7(13)4-10(14)8-2-3-9(5-11)12-6-8/h2-3,6H,4H2,1H3. The van der Waals surface area contributed by atoms with E-state index in [1.54, 1.807) is 0 Å². The Balaban J connectivity index is 2.83. The van der Waals surface area contributed by atoms with Crippen molar-refractivity contribution in [3.05, 3.63) is 29.6 Å². The van der Waals surface area contributed by atoms with Gasteiger partial charge < -0.3 is 0 Å². The number of Topliss-reactive ketones (excluding diaryl/α,β-unsaturated/α-hetero) is 2. The summed E-state index contributed by atoms with van der Waals surface area (Å²) in [5.74, 6) is -0.450. The molecule has 1 aromatic rings. The van der Waals surface area contributed by atoms with E-state index in [1.165, 1.54) is 25.3 Å². The Hall–Kier alpha value is -2.02. The second-order valence-corrected chi connectivity index (χ2v) is 2.85. The molecule has 0 atom stereocenters. The zero-order valence-corrected chi connectivity index (χ0v) is 7.65. The minimum atomic E-state index is -0.269. The maximum absolute atomic E-state index is 11.3. The van der Waals surface area contributed by atoms with Gasteiger partial charge in [-0.25, -0.2) is 4.98 Å².